The van der Waals surface area contributed by atoms with Crippen molar-refractivity contribution in [2.45, 2.75) is 84.5 Å². The van der Waals surface area contributed by atoms with Crippen LogP contribution >= 0.6 is 0 Å². The van der Waals surface area contributed by atoms with Crippen molar-refractivity contribution in [1.29, 1.82) is 0 Å². The molecule has 1 aromatic carbocycles. The summed E-state index contributed by atoms with van der Waals surface area (Å²) in [6, 6.07) is 12.9. The molecule has 0 amide bonds. The van der Waals surface area contributed by atoms with E-state index in [2.05, 4.69) is 43.1 Å². The molecule has 0 aliphatic carbocycles. The fraction of sp³-hybridized carbons (Fsp3) is 0.593. The van der Waals surface area contributed by atoms with Crippen LogP contribution in [-0.4, -0.2) is 24.8 Å². The van der Waals surface area contributed by atoms with Gasteiger partial charge in [0, 0.05) is 12.2 Å². The van der Waals surface area contributed by atoms with E-state index in [1.165, 1.54) is 69.8 Å². The van der Waals surface area contributed by atoms with E-state index in [1.807, 2.05) is 18.3 Å². The number of rotatable bonds is 17. The molecular formula is C27H41NO2. The Morgan fingerprint density at radius 1 is 0.667 bits per heavy atom. The summed E-state index contributed by atoms with van der Waals surface area (Å²) in [7, 11) is 0. The summed E-state index contributed by atoms with van der Waals surface area (Å²) in [5.74, 6) is 0.800. The molecule has 0 saturated carbocycles. The molecule has 0 aliphatic heterocycles. The smallest absolute Gasteiger partial charge is 0.137 e. The lowest BCUT2D eigenvalue weighted by Gasteiger charge is -2.08. The van der Waals surface area contributed by atoms with Crippen LogP contribution in [0.4, 0.5) is 0 Å². The quantitative estimate of drug-likeness (QED) is 0.251. The SMILES string of the molecule is CCCCCCCOCCOc1ccc(-c2ccc(CCCCCCC)cc2)nc1. The molecule has 0 spiro atoms. The number of aryl methyl sites for hydroxylation is 1. The fourth-order valence-corrected chi connectivity index (χ4v) is 3.54. The monoisotopic (exact) mass is 411 g/mol. The molecule has 0 atom stereocenters. The van der Waals surface area contributed by atoms with Gasteiger partial charge in [0.05, 0.1) is 18.5 Å². The highest BCUT2D eigenvalue weighted by atomic mass is 16.5. The maximum atomic E-state index is 5.75. The Morgan fingerprint density at radius 3 is 2.03 bits per heavy atom. The molecule has 166 valence electrons. The summed E-state index contributed by atoms with van der Waals surface area (Å²) in [6.45, 7) is 6.54. The first-order valence-electron chi connectivity index (χ1n) is 12.1. The van der Waals surface area contributed by atoms with Gasteiger partial charge < -0.3 is 9.47 Å². The number of pyridine rings is 1. The lowest BCUT2D eigenvalue weighted by atomic mass is 10.0. The predicted molar refractivity (Wildman–Crippen MR) is 127 cm³/mol. The maximum Gasteiger partial charge on any atom is 0.137 e. The van der Waals surface area contributed by atoms with Crippen LogP contribution in [0.5, 0.6) is 5.75 Å². The largest absolute Gasteiger partial charge is 0.490 e. The third kappa shape index (κ3) is 10.2. The highest BCUT2D eigenvalue weighted by molar-refractivity contribution is 5.59. The van der Waals surface area contributed by atoms with Crippen molar-refractivity contribution in [3.63, 3.8) is 0 Å². The van der Waals surface area contributed by atoms with E-state index in [0.29, 0.717) is 13.2 Å². The number of aromatic nitrogens is 1. The van der Waals surface area contributed by atoms with Crippen molar-refractivity contribution in [1.82, 2.24) is 4.98 Å². The van der Waals surface area contributed by atoms with Gasteiger partial charge in [-0.1, -0.05) is 89.5 Å². The molecule has 0 bridgehead atoms. The molecule has 1 aromatic heterocycles. The van der Waals surface area contributed by atoms with Crippen molar-refractivity contribution < 1.29 is 9.47 Å². The van der Waals surface area contributed by atoms with Gasteiger partial charge in [0.25, 0.3) is 0 Å². The molecule has 0 fully saturated rings. The van der Waals surface area contributed by atoms with E-state index in [4.69, 9.17) is 9.47 Å². The topological polar surface area (TPSA) is 31.4 Å². The van der Waals surface area contributed by atoms with Gasteiger partial charge in [-0.2, -0.15) is 0 Å². The first-order chi connectivity index (χ1) is 14.8. The number of benzene rings is 1. The summed E-state index contributed by atoms with van der Waals surface area (Å²) in [5, 5.41) is 0. The third-order valence-electron chi connectivity index (χ3n) is 5.44. The van der Waals surface area contributed by atoms with E-state index < -0.39 is 0 Å². The second-order valence-corrected chi connectivity index (χ2v) is 8.12. The number of hydrogen-bond donors (Lipinski definition) is 0. The lowest BCUT2D eigenvalue weighted by molar-refractivity contribution is 0.0970. The fourth-order valence-electron chi connectivity index (χ4n) is 3.54. The van der Waals surface area contributed by atoms with Gasteiger partial charge in [-0.05, 0) is 37.0 Å². The Bertz CT molecular complexity index is 652. The molecule has 2 aromatic rings. The van der Waals surface area contributed by atoms with E-state index in [-0.39, 0.29) is 0 Å². The standard InChI is InChI=1S/C27H41NO2/c1-3-5-7-9-11-13-24-14-16-25(17-15-24)27-19-18-26(23-28-27)30-22-21-29-20-12-10-8-6-4-2/h14-19,23H,3-13,20-22H2,1-2H3. The molecular weight excluding hydrogens is 370 g/mol. The zero-order chi connectivity index (χ0) is 21.3. The lowest BCUT2D eigenvalue weighted by Crippen LogP contribution is -2.07. The van der Waals surface area contributed by atoms with Gasteiger partial charge in [-0.3, -0.25) is 4.98 Å². The molecule has 0 aliphatic rings. The summed E-state index contributed by atoms with van der Waals surface area (Å²) >= 11 is 0. The van der Waals surface area contributed by atoms with Crippen molar-refractivity contribution in [2.24, 2.45) is 0 Å². The third-order valence-corrected chi connectivity index (χ3v) is 5.44. The van der Waals surface area contributed by atoms with Crippen LogP contribution < -0.4 is 4.74 Å². The van der Waals surface area contributed by atoms with Crippen LogP contribution in [0.25, 0.3) is 11.3 Å². The molecule has 0 saturated heterocycles. The summed E-state index contributed by atoms with van der Waals surface area (Å²) in [6.07, 6.45) is 16.0. The molecule has 1 heterocycles. The van der Waals surface area contributed by atoms with Crippen LogP contribution in [0.3, 0.4) is 0 Å². The van der Waals surface area contributed by atoms with Crippen LogP contribution in [0.15, 0.2) is 42.6 Å². The van der Waals surface area contributed by atoms with Gasteiger partial charge in [-0.15, -0.1) is 0 Å². The maximum absolute atomic E-state index is 5.75. The minimum atomic E-state index is 0.572. The van der Waals surface area contributed by atoms with Gasteiger partial charge in [0.15, 0.2) is 0 Å². The second kappa shape index (κ2) is 15.9. The number of hydrogen-bond acceptors (Lipinski definition) is 3. The molecule has 3 heteroatoms. The molecule has 0 N–H and O–H groups in total. The van der Waals surface area contributed by atoms with Crippen LogP contribution in [0.1, 0.15) is 83.6 Å². The highest BCUT2D eigenvalue weighted by Crippen LogP contribution is 2.21. The minimum absolute atomic E-state index is 0.572. The van der Waals surface area contributed by atoms with Crippen LogP contribution in [0.2, 0.25) is 0 Å². The Balaban J connectivity index is 1.64. The van der Waals surface area contributed by atoms with Gasteiger partial charge in [0.1, 0.15) is 12.4 Å². The average Bonchev–Trinajstić information content (AvgIpc) is 2.79. The van der Waals surface area contributed by atoms with Crippen molar-refractivity contribution in [3.05, 3.63) is 48.2 Å². The molecule has 3 nitrogen and oxygen atoms in total. The van der Waals surface area contributed by atoms with Gasteiger partial charge in [-0.25, -0.2) is 0 Å². The Hall–Kier alpha value is -1.87. The number of ether oxygens (including phenoxy) is 2. The molecule has 2 rings (SSSR count). The van der Waals surface area contributed by atoms with E-state index in [9.17, 15) is 0 Å². The average molecular weight is 412 g/mol. The highest BCUT2D eigenvalue weighted by Gasteiger charge is 2.02. The normalized spacial score (nSPS) is 11.0. The van der Waals surface area contributed by atoms with Gasteiger partial charge in [0.2, 0.25) is 0 Å². The van der Waals surface area contributed by atoms with E-state index >= 15 is 0 Å². The summed E-state index contributed by atoms with van der Waals surface area (Å²) in [5.41, 5.74) is 3.56. The van der Waals surface area contributed by atoms with Crippen molar-refractivity contribution >= 4 is 0 Å². The first kappa shape index (κ1) is 24.4. The predicted octanol–water partition coefficient (Wildman–Crippen LogP) is 7.63. The Morgan fingerprint density at radius 2 is 1.37 bits per heavy atom. The van der Waals surface area contributed by atoms with Gasteiger partial charge >= 0.3 is 0 Å². The Kier molecular flexibility index (Phi) is 12.9. The van der Waals surface area contributed by atoms with Crippen LogP contribution in [-0.2, 0) is 11.2 Å². The van der Waals surface area contributed by atoms with E-state index in [0.717, 1.165) is 30.0 Å². The van der Waals surface area contributed by atoms with Crippen LogP contribution in [0, 0.1) is 0 Å². The zero-order valence-electron chi connectivity index (χ0n) is 19.2. The second-order valence-electron chi connectivity index (χ2n) is 8.12. The number of unbranched alkanes of at least 4 members (excludes halogenated alkanes) is 8. The summed E-state index contributed by atoms with van der Waals surface area (Å²) in [4.78, 5) is 4.57. The zero-order valence-corrected chi connectivity index (χ0v) is 19.2. The van der Waals surface area contributed by atoms with Crippen molar-refractivity contribution in [2.75, 3.05) is 19.8 Å². The number of nitrogens with zero attached hydrogens (tertiary/aromatic N) is 1. The minimum Gasteiger partial charge on any atom is -0.490 e. The van der Waals surface area contributed by atoms with E-state index in [1.54, 1.807) is 0 Å². The molecule has 30 heavy (non-hydrogen) atoms. The molecule has 0 unspecified atom stereocenters. The van der Waals surface area contributed by atoms with Crippen molar-refractivity contribution in [3.8, 4) is 17.0 Å². The summed E-state index contributed by atoms with van der Waals surface area (Å²) < 4.78 is 11.4. The first-order valence-corrected chi connectivity index (χ1v) is 12.1. The Labute approximate surface area is 184 Å². The molecule has 0 radical (unpaired) electrons.